The van der Waals surface area contributed by atoms with Crippen molar-refractivity contribution in [3.63, 3.8) is 0 Å². The molecule has 0 aliphatic heterocycles. The van der Waals surface area contributed by atoms with E-state index in [1.807, 2.05) is 49.5 Å². The highest BCUT2D eigenvalue weighted by Crippen LogP contribution is 2.26. The summed E-state index contributed by atoms with van der Waals surface area (Å²) >= 11 is 7.29. The van der Waals surface area contributed by atoms with Gasteiger partial charge in [-0.05, 0) is 24.6 Å². The van der Waals surface area contributed by atoms with E-state index in [2.05, 4.69) is 25.6 Å². The van der Waals surface area contributed by atoms with Gasteiger partial charge in [0.05, 0.1) is 16.2 Å². The molecule has 2 aromatic heterocycles. The minimum atomic E-state index is -0.639. The molecule has 0 bridgehead atoms. The summed E-state index contributed by atoms with van der Waals surface area (Å²) < 4.78 is 0.664. The van der Waals surface area contributed by atoms with E-state index in [0.29, 0.717) is 23.4 Å². The van der Waals surface area contributed by atoms with Crippen molar-refractivity contribution < 1.29 is 5.11 Å². The Kier molecular flexibility index (Phi) is 6.86. The first-order valence-electron chi connectivity index (χ1n) is 8.70. The number of imidazole rings is 1. The molecule has 6 nitrogen and oxygen atoms in total. The minimum Gasteiger partial charge on any atom is -0.386 e. The minimum absolute atomic E-state index is 0.343. The van der Waals surface area contributed by atoms with Gasteiger partial charge in [-0.15, -0.1) is 11.3 Å². The molecule has 0 aliphatic carbocycles. The third-order valence-electron chi connectivity index (χ3n) is 3.83. The Morgan fingerprint density at radius 2 is 2.07 bits per heavy atom. The van der Waals surface area contributed by atoms with Gasteiger partial charge in [-0.3, -0.25) is 0 Å². The maximum Gasteiger partial charge on any atom is 0.191 e. The second-order valence-electron chi connectivity index (χ2n) is 5.84. The molecule has 3 aromatic rings. The van der Waals surface area contributed by atoms with Crippen LogP contribution in [-0.2, 0) is 6.54 Å². The molecular weight excluding hydrogens is 382 g/mol. The molecule has 142 valence electrons. The number of benzene rings is 1. The second-order valence-corrected chi connectivity index (χ2v) is 7.59. The Balaban J connectivity index is 1.59. The number of aliphatic imine (C=N–C) groups is 1. The van der Waals surface area contributed by atoms with Gasteiger partial charge < -0.3 is 20.7 Å². The number of hydrogen-bond donors (Lipinski definition) is 4. The molecule has 3 rings (SSSR count). The lowest BCUT2D eigenvalue weighted by Gasteiger charge is -2.14. The molecule has 1 atom stereocenters. The number of rotatable bonds is 7. The molecule has 8 heteroatoms. The van der Waals surface area contributed by atoms with Crippen LogP contribution in [0.25, 0.3) is 11.3 Å². The summed E-state index contributed by atoms with van der Waals surface area (Å²) in [5.41, 5.74) is 2.05. The van der Waals surface area contributed by atoms with Crippen molar-refractivity contribution in [1.82, 2.24) is 20.6 Å². The Morgan fingerprint density at radius 3 is 2.78 bits per heavy atom. The van der Waals surface area contributed by atoms with Crippen molar-refractivity contribution in [3.05, 3.63) is 63.7 Å². The first-order chi connectivity index (χ1) is 13.2. The van der Waals surface area contributed by atoms with Crippen LogP contribution in [0.1, 0.15) is 23.7 Å². The van der Waals surface area contributed by atoms with E-state index in [4.69, 9.17) is 11.6 Å². The molecule has 1 aromatic carbocycles. The molecule has 1 unspecified atom stereocenters. The maximum absolute atomic E-state index is 10.3. The fraction of sp³-hybridized carbons (Fsp3) is 0.263. The summed E-state index contributed by atoms with van der Waals surface area (Å²) in [6.07, 6.45) is 1.17. The van der Waals surface area contributed by atoms with Crippen LogP contribution in [0.5, 0.6) is 0 Å². The molecule has 0 aliphatic rings. The molecule has 0 spiro atoms. The number of guanidine groups is 1. The fourth-order valence-electron chi connectivity index (χ4n) is 2.50. The van der Waals surface area contributed by atoms with E-state index in [0.717, 1.165) is 28.5 Å². The summed E-state index contributed by atoms with van der Waals surface area (Å²) in [4.78, 5) is 13.0. The summed E-state index contributed by atoms with van der Waals surface area (Å²) in [5, 5.41) is 16.6. The molecule has 0 amide bonds. The van der Waals surface area contributed by atoms with Gasteiger partial charge in [0.1, 0.15) is 18.5 Å². The number of halogens is 1. The van der Waals surface area contributed by atoms with Crippen LogP contribution in [-0.4, -0.2) is 34.1 Å². The van der Waals surface area contributed by atoms with Crippen molar-refractivity contribution >= 4 is 28.9 Å². The standard InChI is InChI=1S/C19H22ClN5OS/c1-2-21-19(23-11-15(26)16-8-9-17(20)27-16)24-12-18-22-10-14(25-18)13-6-4-3-5-7-13/h3-10,15,26H,2,11-12H2,1H3,(H,22,25)(H2,21,23,24). The van der Waals surface area contributed by atoms with Crippen LogP contribution in [0.15, 0.2) is 53.7 Å². The number of aromatic nitrogens is 2. The number of aliphatic hydroxyl groups is 1. The van der Waals surface area contributed by atoms with Gasteiger partial charge in [0.2, 0.25) is 0 Å². The van der Waals surface area contributed by atoms with Crippen molar-refractivity contribution in [2.45, 2.75) is 19.6 Å². The average Bonchev–Trinajstić information content (AvgIpc) is 3.33. The van der Waals surface area contributed by atoms with Gasteiger partial charge >= 0.3 is 0 Å². The quantitative estimate of drug-likeness (QED) is 0.359. The van der Waals surface area contributed by atoms with E-state index in [-0.39, 0.29) is 0 Å². The van der Waals surface area contributed by atoms with Crippen molar-refractivity contribution in [2.75, 3.05) is 13.1 Å². The van der Waals surface area contributed by atoms with Crippen LogP contribution in [0.2, 0.25) is 4.34 Å². The molecule has 0 radical (unpaired) electrons. The predicted octanol–water partition coefficient (Wildman–Crippen LogP) is 3.58. The summed E-state index contributed by atoms with van der Waals surface area (Å²) in [5.74, 6) is 1.40. The van der Waals surface area contributed by atoms with Crippen LogP contribution < -0.4 is 10.6 Å². The van der Waals surface area contributed by atoms with E-state index < -0.39 is 6.10 Å². The zero-order valence-corrected chi connectivity index (χ0v) is 16.5. The van der Waals surface area contributed by atoms with Crippen LogP contribution in [0.4, 0.5) is 0 Å². The zero-order chi connectivity index (χ0) is 19.1. The number of aliphatic hydroxyl groups excluding tert-OH is 1. The number of aromatic amines is 1. The van der Waals surface area contributed by atoms with Gasteiger partial charge in [-0.25, -0.2) is 9.98 Å². The average molecular weight is 404 g/mol. The highest BCUT2D eigenvalue weighted by molar-refractivity contribution is 7.16. The summed E-state index contributed by atoms with van der Waals surface area (Å²) in [7, 11) is 0. The van der Waals surface area contributed by atoms with E-state index >= 15 is 0 Å². The van der Waals surface area contributed by atoms with Gasteiger partial charge in [0.25, 0.3) is 0 Å². The fourth-order valence-corrected chi connectivity index (χ4v) is 3.55. The molecule has 0 saturated heterocycles. The van der Waals surface area contributed by atoms with Gasteiger partial charge in [0.15, 0.2) is 5.96 Å². The Hall–Kier alpha value is -2.35. The molecule has 0 saturated carbocycles. The van der Waals surface area contributed by atoms with E-state index in [9.17, 15) is 5.11 Å². The lowest BCUT2D eigenvalue weighted by Crippen LogP contribution is -2.39. The Bertz CT molecular complexity index is 877. The van der Waals surface area contributed by atoms with Crippen molar-refractivity contribution in [3.8, 4) is 11.3 Å². The zero-order valence-electron chi connectivity index (χ0n) is 14.9. The van der Waals surface area contributed by atoms with Crippen molar-refractivity contribution in [2.24, 2.45) is 4.99 Å². The van der Waals surface area contributed by atoms with Crippen LogP contribution in [0, 0.1) is 0 Å². The van der Waals surface area contributed by atoms with Gasteiger partial charge in [-0.1, -0.05) is 41.9 Å². The largest absolute Gasteiger partial charge is 0.386 e. The SMILES string of the molecule is CCNC(=NCc1ncc(-c2ccccc2)[nH]1)NCC(O)c1ccc(Cl)s1. The lowest BCUT2D eigenvalue weighted by atomic mass is 10.2. The van der Waals surface area contributed by atoms with Crippen LogP contribution in [0.3, 0.4) is 0 Å². The smallest absolute Gasteiger partial charge is 0.191 e. The topological polar surface area (TPSA) is 85.3 Å². The number of thiophene rings is 1. The highest BCUT2D eigenvalue weighted by Gasteiger charge is 2.11. The molecule has 4 N–H and O–H groups in total. The lowest BCUT2D eigenvalue weighted by molar-refractivity contribution is 0.184. The van der Waals surface area contributed by atoms with Crippen LogP contribution >= 0.6 is 22.9 Å². The predicted molar refractivity (Wildman–Crippen MR) is 111 cm³/mol. The molecule has 0 fully saturated rings. The van der Waals surface area contributed by atoms with Gasteiger partial charge in [-0.2, -0.15) is 0 Å². The third kappa shape index (κ3) is 5.56. The molecule has 27 heavy (non-hydrogen) atoms. The molecule has 2 heterocycles. The Labute approximate surface area is 167 Å². The van der Waals surface area contributed by atoms with E-state index in [1.54, 1.807) is 6.07 Å². The molecular formula is C19H22ClN5OS. The highest BCUT2D eigenvalue weighted by atomic mass is 35.5. The van der Waals surface area contributed by atoms with Gasteiger partial charge in [0, 0.05) is 18.0 Å². The first-order valence-corrected chi connectivity index (χ1v) is 9.90. The Morgan fingerprint density at radius 1 is 1.26 bits per heavy atom. The number of nitrogens with one attached hydrogen (secondary N) is 3. The van der Waals surface area contributed by atoms with E-state index in [1.165, 1.54) is 11.3 Å². The monoisotopic (exact) mass is 403 g/mol. The van der Waals surface area contributed by atoms with Crippen molar-refractivity contribution in [1.29, 1.82) is 0 Å². The number of hydrogen-bond acceptors (Lipinski definition) is 4. The maximum atomic E-state index is 10.3. The second kappa shape index (κ2) is 9.55. The summed E-state index contributed by atoms with van der Waals surface area (Å²) in [6.45, 7) is 3.46. The summed E-state index contributed by atoms with van der Waals surface area (Å²) in [6, 6.07) is 13.6. The number of H-pyrrole nitrogens is 1. The first kappa shape index (κ1) is 19.4. The normalized spacial score (nSPS) is 12.8. The third-order valence-corrected chi connectivity index (χ3v) is 5.16. The number of nitrogens with zero attached hydrogens (tertiary/aromatic N) is 2.